The Kier molecular flexibility index (Phi) is 3.27. The average Bonchev–Trinajstić information content (AvgIpc) is 2.53. The van der Waals surface area contributed by atoms with Gasteiger partial charge in [-0.1, -0.05) is 0 Å². The van der Waals surface area contributed by atoms with Crippen LogP contribution in [0.25, 0.3) is 0 Å². The van der Waals surface area contributed by atoms with E-state index in [0.717, 1.165) is 0 Å². The molecule has 1 aliphatic heterocycles. The van der Waals surface area contributed by atoms with E-state index in [1.807, 2.05) is 0 Å². The van der Waals surface area contributed by atoms with Gasteiger partial charge in [0.25, 0.3) is 5.91 Å². The minimum absolute atomic E-state index is 0.0634. The molecule has 2 rings (SSSR count). The lowest BCUT2D eigenvalue weighted by Gasteiger charge is -2.20. The molecule has 0 radical (unpaired) electrons. The number of halogens is 1. The number of rotatable bonds is 3. The third kappa shape index (κ3) is 2.19. The molecular formula is C11H12BrN3O3. The van der Waals surface area contributed by atoms with E-state index in [0.29, 0.717) is 21.4 Å². The maximum Gasteiger partial charge on any atom is 0.257 e. The van der Waals surface area contributed by atoms with Gasteiger partial charge in [-0.05, 0) is 28.1 Å². The number of benzene rings is 1. The molecule has 96 valence electrons. The van der Waals surface area contributed by atoms with Crippen LogP contribution in [0.2, 0.25) is 0 Å². The summed E-state index contributed by atoms with van der Waals surface area (Å²) in [7, 11) is 1.71. The second kappa shape index (κ2) is 4.58. The van der Waals surface area contributed by atoms with Crippen molar-refractivity contribution in [3.05, 3.63) is 22.2 Å². The number of aliphatic hydroxyl groups is 1. The van der Waals surface area contributed by atoms with Gasteiger partial charge in [-0.15, -0.1) is 0 Å². The van der Waals surface area contributed by atoms with Crippen LogP contribution in [0.3, 0.4) is 0 Å². The van der Waals surface area contributed by atoms with Crippen LogP contribution in [-0.4, -0.2) is 30.5 Å². The predicted octanol–water partition coefficient (Wildman–Crippen LogP) is 0.356. The topological polar surface area (TPSA) is 95.7 Å². The first-order valence-corrected chi connectivity index (χ1v) is 6.01. The Morgan fingerprint density at radius 1 is 1.61 bits per heavy atom. The molecule has 1 heterocycles. The number of anilines is 2. The van der Waals surface area contributed by atoms with E-state index in [1.54, 1.807) is 24.1 Å². The molecule has 4 N–H and O–H groups in total. The zero-order valence-corrected chi connectivity index (χ0v) is 11.2. The van der Waals surface area contributed by atoms with Crippen LogP contribution in [0.4, 0.5) is 11.4 Å². The van der Waals surface area contributed by atoms with Crippen LogP contribution in [0.1, 0.15) is 11.7 Å². The first-order valence-electron chi connectivity index (χ1n) is 5.22. The number of amides is 2. The number of nitrogens with one attached hydrogen (secondary N) is 1. The summed E-state index contributed by atoms with van der Waals surface area (Å²) in [5, 5.41) is 12.2. The third-order valence-electron chi connectivity index (χ3n) is 2.72. The highest BCUT2D eigenvalue weighted by atomic mass is 79.9. The molecule has 0 spiro atoms. The van der Waals surface area contributed by atoms with Crippen LogP contribution in [0.5, 0.6) is 0 Å². The van der Waals surface area contributed by atoms with Gasteiger partial charge in [0.05, 0.1) is 12.2 Å². The number of likely N-dealkylation sites (N-methyl/N-ethyl adjacent to an activating group) is 1. The number of hydrogen-bond donors (Lipinski definition) is 3. The van der Waals surface area contributed by atoms with Crippen molar-refractivity contribution in [1.29, 1.82) is 0 Å². The lowest BCUT2D eigenvalue weighted by atomic mass is 10.1. The Morgan fingerprint density at radius 3 is 2.89 bits per heavy atom. The van der Waals surface area contributed by atoms with Crippen molar-refractivity contribution >= 4 is 39.1 Å². The van der Waals surface area contributed by atoms with Crippen molar-refractivity contribution in [2.45, 2.75) is 6.10 Å². The SMILES string of the molecule is CN(CC(N)=O)c1cc2c(cc1Br)C(O)C(=O)N2. The van der Waals surface area contributed by atoms with E-state index in [2.05, 4.69) is 21.2 Å². The predicted molar refractivity (Wildman–Crippen MR) is 70.2 cm³/mol. The molecule has 7 heteroatoms. The highest BCUT2D eigenvalue weighted by Crippen LogP contribution is 2.38. The van der Waals surface area contributed by atoms with Crippen molar-refractivity contribution in [2.75, 3.05) is 23.8 Å². The van der Waals surface area contributed by atoms with Gasteiger partial charge >= 0.3 is 0 Å². The first kappa shape index (κ1) is 12.8. The molecule has 0 bridgehead atoms. The van der Waals surface area contributed by atoms with Crippen LogP contribution in [-0.2, 0) is 9.59 Å². The number of primary amides is 1. The Hall–Kier alpha value is -1.60. The molecule has 0 saturated carbocycles. The van der Waals surface area contributed by atoms with E-state index in [4.69, 9.17) is 5.73 Å². The number of aliphatic hydroxyl groups excluding tert-OH is 1. The normalized spacial score (nSPS) is 17.3. The Morgan fingerprint density at radius 2 is 2.28 bits per heavy atom. The summed E-state index contributed by atoms with van der Waals surface area (Å²) in [6.45, 7) is 0.0634. The van der Waals surface area contributed by atoms with Gasteiger partial charge in [-0.2, -0.15) is 0 Å². The fourth-order valence-corrected chi connectivity index (χ4v) is 2.53. The molecular weight excluding hydrogens is 302 g/mol. The third-order valence-corrected chi connectivity index (χ3v) is 3.36. The van der Waals surface area contributed by atoms with E-state index < -0.39 is 17.9 Å². The van der Waals surface area contributed by atoms with Gasteiger partial charge in [0, 0.05) is 22.8 Å². The second-order valence-corrected chi connectivity index (χ2v) is 4.96. The first-order chi connectivity index (χ1) is 8.40. The van der Waals surface area contributed by atoms with Crippen molar-refractivity contribution < 1.29 is 14.7 Å². The highest BCUT2D eigenvalue weighted by molar-refractivity contribution is 9.10. The lowest BCUT2D eigenvalue weighted by molar-refractivity contribution is -0.123. The minimum Gasteiger partial charge on any atom is -0.378 e. The molecule has 0 aromatic heterocycles. The molecule has 1 aromatic carbocycles. The summed E-state index contributed by atoms with van der Waals surface area (Å²) in [5.74, 6) is -0.902. The van der Waals surface area contributed by atoms with Crippen molar-refractivity contribution in [2.24, 2.45) is 5.73 Å². The van der Waals surface area contributed by atoms with Gasteiger partial charge in [0.15, 0.2) is 6.10 Å². The van der Waals surface area contributed by atoms with Gasteiger partial charge < -0.3 is 21.1 Å². The van der Waals surface area contributed by atoms with Crippen LogP contribution in [0.15, 0.2) is 16.6 Å². The number of fused-ring (bicyclic) bond motifs is 1. The molecule has 1 unspecified atom stereocenters. The number of nitrogens with zero attached hydrogens (tertiary/aromatic N) is 1. The van der Waals surface area contributed by atoms with Crippen LogP contribution >= 0.6 is 15.9 Å². The summed E-state index contributed by atoms with van der Waals surface area (Å²) in [6.07, 6.45) is -1.15. The van der Waals surface area contributed by atoms with Gasteiger partial charge in [0.2, 0.25) is 5.91 Å². The van der Waals surface area contributed by atoms with E-state index in [-0.39, 0.29) is 6.54 Å². The van der Waals surface area contributed by atoms with E-state index in [1.165, 1.54) is 0 Å². The standard InChI is InChI=1S/C11H12BrN3O3/c1-15(4-9(13)16)8-3-7-5(2-6(8)12)10(17)11(18)14-7/h2-3,10,17H,4H2,1H3,(H2,13,16)(H,14,18). The van der Waals surface area contributed by atoms with E-state index >= 15 is 0 Å². The molecule has 1 atom stereocenters. The Bertz CT molecular complexity index is 533. The second-order valence-electron chi connectivity index (χ2n) is 4.11. The quantitative estimate of drug-likeness (QED) is 0.750. The molecule has 2 amide bonds. The van der Waals surface area contributed by atoms with Crippen molar-refractivity contribution in [3.63, 3.8) is 0 Å². The minimum atomic E-state index is -1.15. The zero-order valence-electron chi connectivity index (χ0n) is 9.61. The lowest BCUT2D eigenvalue weighted by Crippen LogP contribution is -2.30. The molecule has 18 heavy (non-hydrogen) atoms. The zero-order chi connectivity index (χ0) is 13.4. The van der Waals surface area contributed by atoms with Gasteiger partial charge in [0.1, 0.15) is 0 Å². The number of carbonyl (C=O) groups is 2. The van der Waals surface area contributed by atoms with E-state index in [9.17, 15) is 14.7 Å². The fourth-order valence-electron chi connectivity index (χ4n) is 1.87. The summed E-state index contributed by atoms with van der Waals surface area (Å²) >= 11 is 3.34. The molecule has 0 aliphatic carbocycles. The maximum absolute atomic E-state index is 11.3. The summed E-state index contributed by atoms with van der Waals surface area (Å²) in [4.78, 5) is 23.9. The molecule has 6 nitrogen and oxygen atoms in total. The van der Waals surface area contributed by atoms with Gasteiger partial charge in [-0.25, -0.2) is 0 Å². The van der Waals surface area contributed by atoms with Crippen molar-refractivity contribution in [3.8, 4) is 0 Å². The average molecular weight is 314 g/mol. The highest BCUT2D eigenvalue weighted by Gasteiger charge is 2.29. The Balaban J connectivity index is 2.38. The van der Waals surface area contributed by atoms with Crippen molar-refractivity contribution in [1.82, 2.24) is 0 Å². The summed E-state index contributed by atoms with van der Waals surface area (Å²) < 4.78 is 0.681. The van der Waals surface area contributed by atoms with Crippen LogP contribution < -0.4 is 16.0 Å². The van der Waals surface area contributed by atoms with Gasteiger partial charge in [-0.3, -0.25) is 9.59 Å². The summed E-state index contributed by atoms with van der Waals surface area (Å²) in [6, 6.07) is 3.35. The molecule has 0 fully saturated rings. The largest absolute Gasteiger partial charge is 0.378 e. The number of hydrogen-bond acceptors (Lipinski definition) is 4. The molecule has 1 aromatic rings. The number of nitrogens with two attached hydrogens (primary N) is 1. The van der Waals surface area contributed by atoms with Crippen LogP contribution in [0, 0.1) is 0 Å². The molecule has 1 aliphatic rings. The summed E-state index contributed by atoms with van der Waals surface area (Å²) in [5.41, 5.74) is 6.90. The monoisotopic (exact) mass is 313 g/mol. The smallest absolute Gasteiger partial charge is 0.257 e. The maximum atomic E-state index is 11.3. The fraction of sp³-hybridized carbons (Fsp3) is 0.273. The molecule has 0 saturated heterocycles. The number of carbonyl (C=O) groups excluding carboxylic acids is 2. The Labute approximate surface area is 112 Å².